The highest BCUT2D eigenvalue weighted by atomic mass is 32.1. The van der Waals surface area contributed by atoms with Crippen molar-refractivity contribution in [3.8, 4) is 0 Å². The second-order valence-electron chi connectivity index (χ2n) is 8.85. The maximum Gasteiger partial charge on any atom is 0.263 e. The smallest absolute Gasteiger partial charge is 0.263 e. The number of likely N-dealkylation sites (tertiary alicyclic amines) is 2. The van der Waals surface area contributed by atoms with Crippen LogP contribution in [0.1, 0.15) is 65.1 Å². The summed E-state index contributed by atoms with van der Waals surface area (Å²) in [6.07, 6.45) is 9.43. The lowest BCUT2D eigenvalue weighted by Crippen LogP contribution is -2.48. The van der Waals surface area contributed by atoms with Gasteiger partial charge in [0.15, 0.2) is 0 Å². The van der Waals surface area contributed by atoms with E-state index >= 15 is 0 Å². The Balaban J connectivity index is 1.27. The molecule has 1 aromatic heterocycles. The third kappa shape index (κ3) is 3.64. The van der Waals surface area contributed by atoms with Gasteiger partial charge in [0, 0.05) is 44.2 Å². The van der Waals surface area contributed by atoms with Gasteiger partial charge in [0.25, 0.3) is 5.91 Å². The normalized spacial score (nSPS) is 27.9. The summed E-state index contributed by atoms with van der Waals surface area (Å²) in [7, 11) is 0. The Kier molecular flexibility index (Phi) is 5.48. The highest BCUT2D eigenvalue weighted by molar-refractivity contribution is 7.14. The van der Waals surface area contributed by atoms with Gasteiger partial charge in [-0.2, -0.15) is 0 Å². The van der Waals surface area contributed by atoms with E-state index in [1.54, 1.807) is 11.3 Å². The van der Waals surface area contributed by atoms with E-state index in [1.807, 2.05) is 4.90 Å². The fourth-order valence-corrected chi connectivity index (χ4v) is 6.69. The van der Waals surface area contributed by atoms with Gasteiger partial charge in [-0.25, -0.2) is 0 Å². The predicted octanol–water partition coefficient (Wildman–Crippen LogP) is 3.42. The van der Waals surface area contributed by atoms with E-state index in [0.29, 0.717) is 6.10 Å². The monoisotopic (exact) mass is 404 g/mol. The Morgan fingerprint density at radius 3 is 2.68 bits per heavy atom. The average Bonchev–Trinajstić information content (AvgIpc) is 3.41. The molecular weight excluding hydrogens is 372 g/mol. The molecule has 0 saturated carbocycles. The summed E-state index contributed by atoms with van der Waals surface area (Å²) >= 11 is 1.71. The third-order valence-electron chi connectivity index (χ3n) is 6.98. The van der Waals surface area contributed by atoms with Crippen LogP contribution in [0.2, 0.25) is 0 Å². The third-order valence-corrected chi connectivity index (χ3v) is 8.33. The molecule has 154 valence electrons. The molecular formula is C22H32N2O3S. The number of fused-ring (bicyclic) bond motifs is 2. The standard InChI is InChI=1S/C22H32N2O3S/c25-21(24-9-2-3-10-24)19-15-17-6-14-27-22(20(17)28-19)7-11-23(12-8-22)16-18-5-1-4-13-26-18/h15,18H,1-14,16H2. The lowest BCUT2D eigenvalue weighted by Gasteiger charge is -2.44. The highest BCUT2D eigenvalue weighted by Gasteiger charge is 2.43. The molecule has 0 N–H and O–H groups in total. The zero-order valence-electron chi connectivity index (χ0n) is 16.8. The van der Waals surface area contributed by atoms with E-state index in [-0.39, 0.29) is 11.5 Å². The van der Waals surface area contributed by atoms with Crippen LogP contribution in [0.25, 0.3) is 0 Å². The second-order valence-corrected chi connectivity index (χ2v) is 9.90. The summed E-state index contributed by atoms with van der Waals surface area (Å²) in [4.78, 5) is 19.7. The lowest BCUT2D eigenvalue weighted by molar-refractivity contribution is -0.102. The Morgan fingerprint density at radius 1 is 1.11 bits per heavy atom. The summed E-state index contributed by atoms with van der Waals surface area (Å²) in [6.45, 7) is 6.73. The topological polar surface area (TPSA) is 42.0 Å². The summed E-state index contributed by atoms with van der Waals surface area (Å²) < 4.78 is 12.4. The number of rotatable bonds is 3. The van der Waals surface area contributed by atoms with Crippen LogP contribution in [0.5, 0.6) is 0 Å². The van der Waals surface area contributed by atoms with Crippen molar-refractivity contribution in [3.05, 3.63) is 21.4 Å². The Labute approximate surface area is 172 Å². The van der Waals surface area contributed by atoms with Crippen molar-refractivity contribution in [2.75, 3.05) is 45.9 Å². The maximum absolute atomic E-state index is 12.9. The summed E-state index contributed by atoms with van der Waals surface area (Å²) in [5.41, 5.74) is 1.20. The molecule has 1 amide bonds. The first-order valence-electron chi connectivity index (χ1n) is 11.1. The van der Waals surface area contributed by atoms with Crippen molar-refractivity contribution in [2.45, 2.75) is 63.1 Å². The van der Waals surface area contributed by atoms with Crippen molar-refractivity contribution in [2.24, 2.45) is 0 Å². The largest absolute Gasteiger partial charge is 0.377 e. The fraction of sp³-hybridized carbons (Fsp3) is 0.773. The SMILES string of the molecule is O=C(c1cc2c(s1)C1(CCN(CC3CCCCO3)CC1)OCC2)N1CCCC1. The summed E-state index contributed by atoms with van der Waals surface area (Å²) in [5.74, 6) is 0.235. The van der Waals surface area contributed by atoms with Crippen molar-refractivity contribution < 1.29 is 14.3 Å². The number of carbonyl (C=O) groups is 1. The second kappa shape index (κ2) is 8.05. The molecule has 5 heterocycles. The first-order valence-corrected chi connectivity index (χ1v) is 12.0. The summed E-state index contributed by atoms with van der Waals surface area (Å²) in [6, 6.07) is 2.17. The number of ether oxygens (including phenoxy) is 2. The van der Waals surface area contributed by atoms with E-state index in [4.69, 9.17) is 9.47 Å². The molecule has 28 heavy (non-hydrogen) atoms. The minimum Gasteiger partial charge on any atom is -0.377 e. The Bertz CT molecular complexity index is 699. The van der Waals surface area contributed by atoms with Gasteiger partial charge in [0.2, 0.25) is 0 Å². The van der Waals surface area contributed by atoms with Gasteiger partial charge in [-0.15, -0.1) is 11.3 Å². The van der Waals surface area contributed by atoms with Gasteiger partial charge in [-0.1, -0.05) is 0 Å². The number of amides is 1. The molecule has 1 unspecified atom stereocenters. The Hall–Kier alpha value is -0.950. The first kappa shape index (κ1) is 19.0. The molecule has 0 bridgehead atoms. The molecule has 1 spiro atoms. The van der Waals surface area contributed by atoms with Crippen molar-refractivity contribution >= 4 is 17.2 Å². The molecule has 5 nitrogen and oxygen atoms in total. The van der Waals surface area contributed by atoms with Crippen LogP contribution in [0.4, 0.5) is 0 Å². The van der Waals surface area contributed by atoms with E-state index in [2.05, 4.69) is 11.0 Å². The van der Waals surface area contributed by atoms with Crippen LogP contribution in [-0.2, 0) is 21.5 Å². The molecule has 5 rings (SSSR count). The molecule has 1 aromatic rings. The fourth-order valence-electron chi connectivity index (χ4n) is 5.31. The zero-order chi connectivity index (χ0) is 19.0. The quantitative estimate of drug-likeness (QED) is 0.774. The van der Waals surface area contributed by atoms with E-state index in [1.165, 1.54) is 29.7 Å². The van der Waals surface area contributed by atoms with Crippen LogP contribution in [0, 0.1) is 0 Å². The van der Waals surface area contributed by atoms with Crippen LogP contribution in [0.3, 0.4) is 0 Å². The van der Waals surface area contributed by atoms with E-state index in [9.17, 15) is 4.79 Å². The molecule has 1 atom stereocenters. The minimum absolute atomic E-state index is 0.161. The predicted molar refractivity (Wildman–Crippen MR) is 110 cm³/mol. The number of nitrogens with zero attached hydrogens (tertiary/aromatic N) is 2. The van der Waals surface area contributed by atoms with Gasteiger partial charge in [0.05, 0.1) is 17.6 Å². The Morgan fingerprint density at radius 2 is 1.93 bits per heavy atom. The molecule has 3 fully saturated rings. The minimum atomic E-state index is -0.161. The van der Waals surface area contributed by atoms with Gasteiger partial charge in [-0.05, 0) is 63.0 Å². The molecule has 3 saturated heterocycles. The molecule has 0 aliphatic carbocycles. The molecule has 4 aliphatic rings. The van der Waals surface area contributed by atoms with Crippen molar-refractivity contribution in [1.82, 2.24) is 9.80 Å². The highest BCUT2D eigenvalue weighted by Crippen LogP contribution is 2.45. The number of thiophene rings is 1. The number of piperidine rings is 1. The van der Waals surface area contributed by atoms with Crippen LogP contribution >= 0.6 is 11.3 Å². The van der Waals surface area contributed by atoms with Gasteiger partial charge in [-0.3, -0.25) is 4.79 Å². The molecule has 6 heteroatoms. The van der Waals surface area contributed by atoms with Crippen molar-refractivity contribution in [1.29, 1.82) is 0 Å². The molecule has 0 radical (unpaired) electrons. The summed E-state index contributed by atoms with van der Waals surface area (Å²) in [5, 5.41) is 0. The number of carbonyl (C=O) groups excluding carboxylic acids is 1. The number of hydrogen-bond donors (Lipinski definition) is 0. The molecule has 4 aliphatic heterocycles. The van der Waals surface area contributed by atoms with Crippen molar-refractivity contribution in [3.63, 3.8) is 0 Å². The van der Waals surface area contributed by atoms with Gasteiger partial charge >= 0.3 is 0 Å². The first-order chi connectivity index (χ1) is 13.7. The van der Waals surface area contributed by atoms with E-state index < -0.39 is 0 Å². The average molecular weight is 405 g/mol. The maximum atomic E-state index is 12.9. The van der Waals surface area contributed by atoms with E-state index in [0.717, 1.165) is 82.9 Å². The van der Waals surface area contributed by atoms with Crippen LogP contribution in [-0.4, -0.2) is 67.7 Å². The molecule has 0 aromatic carbocycles. The van der Waals surface area contributed by atoms with Gasteiger partial charge in [0.1, 0.15) is 5.60 Å². The lowest BCUT2D eigenvalue weighted by atomic mass is 9.85. The number of hydrogen-bond acceptors (Lipinski definition) is 5. The van der Waals surface area contributed by atoms with Crippen LogP contribution < -0.4 is 0 Å². The van der Waals surface area contributed by atoms with Crippen LogP contribution in [0.15, 0.2) is 6.07 Å². The van der Waals surface area contributed by atoms with Gasteiger partial charge < -0.3 is 19.3 Å². The zero-order valence-corrected chi connectivity index (χ0v) is 17.6.